The van der Waals surface area contributed by atoms with Crippen LogP contribution in [0.3, 0.4) is 0 Å². The number of benzene rings is 1. The number of carbonyl (C=O) groups excluding carboxylic acids is 1. The van der Waals surface area contributed by atoms with E-state index < -0.39 is 15.9 Å². The number of hydrogen-bond donors (Lipinski definition) is 2. The van der Waals surface area contributed by atoms with Gasteiger partial charge in [-0.15, -0.1) is 23.2 Å². The molecule has 1 aromatic carbocycles. The molecule has 2 rings (SSSR count). The molecule has 0 bridgehead atoms. The third kappa shape index (κ3) is 3.78. The summed E-state index contributed by atoms with van der Waals surface area (Å²) in [6.07, 6.45) is -0.502. The van der Waals surface area contributed by atoms with Gasteiger partial charge in [0.2, 0.25) is 5.91 Å². The Balaban J connectivity index is 1.72. The molecule has 1 aromatic rings. The van der Waals surface area contributed by atoms with Gasteiger partial charge in [-0.05, 0) is 37.6 Å². The zero-order valence-corrected chi connectivity index (χ0v) is 12.9. The topological polar surface area (TPSA) is 58.6 Å². The lowest BCUT2D eigenvalue weighted by molar-refractivity contribution is -0.126. The summed E-state index contributed by atoms with van der Waals surface area (Å²) in [6, 6.07) is 5.44. The van der Waals surface area contributed by atoms with E-state index in [0.29, 0.717) is 12.2 Å². The molecule has 4 nitrogen and oxygen atoms in total. The number of ether oxygens (including phenoxy) is 1. The van der Waals surface area contributed by atoms with Crippen LogP contribution in [0.25, 0.3) is 0 Å². The lowest BCUT2D eigenvalue weighted by Crippen LogP contribution is -2.40. The zero-order valence-electron chi connectivity index (χ0n) is 11.4. The van der Waals surface area contributed by atoms with Crippen LogP contribution in [0.4, 0.5) is 4.39 Å². The summed E-state index contributed by atoms with van der Waals surface area (Å²) in [5.41, 5.74) is -0.812. The van der Waals surface area contributed by atoms with Gasteiger partial charge in [0.15, 0.2) is 0 Å². The Bertz CT molecular complexity index is 523. The monoisotopic (exact) mass is 335 g/mol. The Morgan fingerprint density at radius 3 is 2.57 bits per heavy atom. The van der Waals surface area contributed by atoms with Crippen LogP contribution >= 0.6 is 23.2 Å². The number of alkyl halides is 2. The van der Waals surface area contributed by atoms with E-state index in [1.165, 1.54) is 24.3 Å². The third-order valence-corrected chi connectivity index (χ3v) is 4.61. The average Bonchev–Trinajstić information content (AvgIpc) is 2.95. The van der Waals surface area contributed by atoms with Crippen molar-refractivity contribution >= 4 is 29.1 Å². The van der Waals surface area contributed by atoms with Crippen molar-refractivity contribution < 1.29 is 19.0 Å². The first kappa shape index (κ1) is 16.3. The molecule has 1 aliphatic carbocycles. The van der Waals surface area contributed by atoms with Crippen LogP contribution < -0.4 is 10.1 Å². The lowest BCUT2D eigenvalue weighted by Gasteiger charge is -2.16. The quantitative estimate of drug-likeness (QED) is 0.784. The summed E-state index contributed by atoms with van der Waals surface area (Å²) in [6.45, 7) is 1.68. The fourth-order valence-electron chi connectivity index (χ4n) is 1.83. The second kappa shape index (κ2) is 5.99. The van der Waals surface area contributed by atoms with Gasteiger partial charge in [0.05, 0.1) is 5.41 Å². The van der Waals surface area contributed by atoms with Crippen LogP contribution in [0.15, 0.2) is 24.3 Å². The van der Waals surface area contributed by atoms with Gasteiger partial charge >= 0.3 is 0 Å². The Morgan fingerprint density at radius 2 is 2.05 bits per heavy atom. The number of halogens is 3. The minimum atomic E-state index is -1.04. The molecule has 2 N–H and O–H groups in total. The average molecular weight is 336 g/mol. The zero-order chi connectivity index (χ0) is 15.7. The maximum Gasteiger partial charge on any atom is 0.229 e. The SMILES string of the molecule is CC1(C(=O)NCC(O)COc2ccc(F)cc2)CC1(Cl)Cl. The molecule has 1 amide bonds. The molecule has 21 heavy (non-hydrogen) atoms. The maximum absolute atomic E-state index is 12.7. The van der Waals surface area contributed by atoms with Crippen LogP contribution in [0.2, 0.25) is 0 Å². The van der Waals surface area contributed by atoms with Crippen molar-refractivity contribution in [3.8, 4) is 5.75 Å². The number of rotatable bonds is 6. The standard InChI is InChI=1S/C14H16Cl2FNO3/c1-13(8-14(13,15)16)12(20)18-6-10(19)7-21-11-4-2-9(17)3-5-11/h2-5,10,19H,6-8H2,1H3,(H,18,20). The Morgan fingerprint density at radius 1 is 1.48 bits per heavy atom. The molecule has 1 saturated carbocycles. The van der Waals surface area contributed by atoms with Gasteiger partial charge in [-0.3, -0.25) is 4.79 Å². The molecule has 0 aromatic heterocycles. The summed E-state index contributed by atoms with van der Waals surface area (Å²) in [5.74, 6) is -0.219. The van der Waals surface area contributed by atoms with Crippen LogP contribution in [0.5, 0.6) is 5.75 Å². The predicted octanol–water partition coefficient (Wildman–Crippen LogP) is 2.27. The molecule has 0 saturated heterocycles. The predicted molar refractivity (Wildman–Crippen MR) is 78.1 cm³/mol. The van der Waals surface area contributed by atoms with Crippen molar-refractivity contribution in [2.75, 3.05) is 13.2 Å². The Labute approximate surface area is 132 Å². The first-order valence-electron chi connectivity index (χ1n) is 6.47. The van der Waals surface area contributed by atoms with E-state index in [0.717, 1.165) is 0 Å². The number of aliphatic hydroxyl groups excluding tert-OH is 1. The molecular weight excluding hydrogens is 320 g/mol. The first-order valence-corrected chi connectivity index (χ1v) is 7.23. The van der Waals surface area contributed by atoms with Crippen LogP contribution in [-0.4, -0.2) is 34.6 Å². The van der Waals surface area contributed by atoms with Crippen LogP contribution in [0, 0.1) is 11.2 Å². The fraction of sp³-hybridized carbons (Fsp3) is 0.500. The lowest BCUT2D eigenvalue weighted by atomic mass is 10.1. The van der Waals surface area contributed by atoms with Gasteiger partial charge in [-0.2, -0.15) is 0 Å². The summed E-state index contributed by atoms with van der Waals surface area (Å²) in [4.78, 5) is 11.9. The summed E-state index contributed by atoms with van der Waals surface area (Å²) in [7, 11) is 0. The summed E-state index contributed by atoms with van der Waals surface area (Å²) in [5, 5.41) is 12.3. The molecule has 2 atom stereocenters. The van der Waals surface area contributed by atoms with Gasteiger partial charge in [0.25, 0.3) is 0 Å². The molecule has 0 spiro atoms. The second-order valence-electron chi connectivity index (χ2n) is 5.34. The molecule has 116 valence electrons. The minimum Gasteiger partial charge on any atom is -0.491 e. The van der Waals surface area contributed by atoms with Gasteiger partial charge in [0.1, 0.15) is 28.6 Å². The summed E-state index contributed by atoms with van der Waals surface area (Å²) >= 11 is 11.8. The highest BCUT2D eigenvalue weighted by molar-refractivity contribution is 6.53. The smallest absolute Gasteiger partial charge is 0.229 e. The third-order valence-electron chi connectivity index (χ3n) is 3.51. The van der Waals surface area contributed by atoms with E-state index in [1.54, 1.807) is 6.92 Å². The highest BCUT2D eigenvalue weighted by Crippen LogP contribution is 2.63. The van der Waals surface area contributed by atoms with Gasteiger partial charge in [-0.1, -0.05) is 0 Å². The van der Waals surface area contributed by atoms with Crippen molar-refractivity contribution in [3.63, 3.8) is 0 Å². The minimum absolute atomic E-state index is 0.0183. The van der Waals surface area contributed by atoms with Crippen molar-refractivity contribution in [2.45, 2.75) is 23.8 Å². The molecule has 2 unspecified atom stereocenters. The van der Waals surface area contributed by atoms with Crippen LogP contribution in [-0.2, 0) is 4.79 Å². The first-order chi connectivity index (χ1) is 9.74. The van der Waals surface area contributed by atoms with Crippen molar-refractivity contribution in [1.82, 2.24) is 5.32 Å². The van der Waals surface area contributed by atoms with Crippen molar-refractivity contribution in [2.24, 2.45) is 5.41 Å². The molecule has 7 heteroatoms. The largest absolute Gasteiger partial charge is 0.491 e. The highest BCUT2D eigenvalue weighted by Gasteiger charge is 2.67. The Hall–Kier alpha value is -1.04. The van der Waals surface area contributed by atoms with E-state index in [1.807, 2.05) is 0 Å². The van der Waals surface area contributed by atoms with E-state index in [4.69, 9.17) is 27.9 Å². The fourth-order valence-corrected chi connectivity index (χ4v) is 2.54. The molecule has 0 aliphatic heterocycles. The van der Waals surface area contributed by atoms with Gasteiger partial charge in [-0.25, -0.2) is 4.39 Å². The number of nitrogens with one attached hydrogen (secondary N) is 1. The molecule has 0 radical (unpaired) electrons. The molecule has 0 heterocycles. The van der Waals surface area contributed by atoms with Crippen LogP contribution in [0.1, 0.15) is 13.3 Å². The van der Waals surface area contributed by atoms with E-state index >= 15 is 0 Å². The second-order valence-corrected chi connectivity index (χ2v) is 6.83. The number of aliphatic hydroxyl groups is 1. The normalized spacial score (nSPS) is 24.2. The molecule has 1 aliphatic rings. The maximum atomic E-state index is 12.7. The Kier molecular flexibility index (Phi) is 4.66. The van der Waals surface area contributed by atoms with Crippen molar-refractivity contribution in [3.05, 3.63) is 30.1 Å². The van der Waals surface area contributed by atoms with Crippen molar-refractivity contribution in [1.29, 1.82) is 0 Å². The van der Waals surface area contributed by atoms with E-state index in [-0.39, 0.29) is 24.9 Å². The molecular formula is C14H16Cl2FNO3. The number of amides is 1. The number of carbonyl (C=O) groups is 1. The summed E-state index contributed by atoms with van der Waals surface area (Å²) < 4.78 is 16.9. The molecule has 1 fully saturated rings. The van der Waals surface area contributed by atoms with Gasteiger partial charge in [0, 0.05) is 6.54 Å². The van der Waals surface area contributed by atoms with Gasteiger partial charge < -0.3 is 15.2 Å². The highest BCUT2D eigenvalue weighted by atomic mass is 35.5. The number of hydrogen-bond acceptors (Lipinski definition) is 3. The van der Waals surface area contributed by atoms with E-state index in [2.05, 4.69) is 5.32 Å². The van der Waals surface area contributed by atoms with E-state index in [9.17, 15) is 14.3 Å².